The summed E-state index contributed by atoms with van der Waals surface area (Å²) in [6.07, 6.45) is 2.97. The molecule has 2 heterocycles. The highest BCUT2D eigenvalue weighted by atomic mass is 16.2. The molecule has 1 aliphatic heterocycles. The standard InChI is InChI=1S/C21H27N5O/c1-21(2)13-26(10-9-23-21)20(27)19-8-7-18(24-25-19)16-4-3-15-12-17(22)6-5-14(15)11-16/h3-4,7-8,11,17,23H,5-6,9-10,12-13,22H2,1-2H3. The van der Waals surface area contributed by atoms with Crippen LogP contribution in [0.3, 0.4) is 0 Å². The van der Waals surface area contributed by atoms with E-state index in [1.54, 1.807) is 6.07 Å². The molecule has 1 aliphatic carbocycles. The molecule has 0 spiro atoms. The summed E-state index contributed by atoms with van der Waals surface area (Å²) in [7, 11) is 0. The van der Waals surface area contributed by atoms with Crippen LogP contribution in [0, 0.1) is 0 Å². The normalized spacial score (nSPS) is 21.6. The van der Waals surface area contributed by atoms with E-state index in [9.17, 15) is 4.79 Å². The summed E-state index contributed by atoms with van der Waals surface area (Å²) in [5.74, 6) is -0.0527. The second-order valence-electron chi connectivity index (χ2n) is 8.33. The summed E-state index contributed by atoms with van der Waals surface area (Å²) in [5, 5.41) is 12.0. The van der Waals surface area contributed by atoms with Crippen LogP contribution in [0.15, 0.2) is 30.3 Å². The average Bonchev–Trinajstić information content (AvgIpc) is 2.66. The first-order chi connectivity index (χ1) is 12.9. The predicted octanol–water partition coefficient (Wildman–Crippen LogP) is 1.78. The first kappa shape index (κ1) is 18.1. The third kappa shape index (κ3) is 3.87. The van der Waals surface area contributed by atoms with Crippen molar-refractivity contribution in [3.8, 4) is 11.3 Å². The SMILES string of the molecule is CC1(C)CN(C(=O)c2ccc(-c3ccc4c(c3)CCC(N)C4)nn2)CCN1. The Bertz CT molecular complexity index is 846. The highest BCUT2D eigenvalue weighted by Gasteiger charge is 2.29. The van der Waals surface area contributed by atoms with Crippen LogP contribution < -0.4 is 11.1 Å². The summed E-state index contributed by atoms with van der Waals surface area (Å²) in [6, 6.07) is 10.3. The number of nitrogens with one attached hydrogen (secondary N) is 1. The van der Waals surface area contributed by atoms with Gasteiger partial charge in [0.15, 0.2) is 5.69 Å². The smallest absolute Gasteiger partial charge is 0.274 e. The monoisotopic (exact) mass is 365 g/mol. The minimum Gasteiger partial charge on any atom is -0.334 e. The van der Waals surface area contributed by atoms with Crippen molar-refractivity contribution >= 4 is 5.91 Å². The van der Waals surface area contributed by atoms with E-state index in [2.05, 4.69) is 47.6 Å². The highest BCUT2D eigenvalue weighted by Crippen LogP contribution is 2.26. The lowest BCUT2D eigenvalue weighted by atomic mass is 9.87. The van der Waals surface area contributed by atoms with Crippen LogP contribution in [0.25, 0.3) is 11.3 Å². The van der Waals surface area contributed by atoms with Crippen LogP contribution in [-0.4, -0.2) is 52.2 Å². The summed E-state index contributed by atoms with van der Waals surface area (Å²) < 4.78 is 0. The molecule has 1 unspecified atom stereocenters. The van der Waals surface area contributed by atoms with Crippen molar-refractivity contribution in [3.63, 3.8) is 0 Å². The van der Waals surface area contributed by atoms with Crippen LogP contribution in [0.5, 0.6) is 0 Å². The molecule has 27 heavy (non-hydrogen) atoms. The second kappa shape index (κ2) is 7.02. The molecule has 2 aromatic rings. The Morgan fingerprint density at radius 3 is 2.81 bits per heavy atom. The fraction of sp³-hybridized carbons (Fsp3) is 0.476. The number of hydrogen-bond donors (Lipinski definition) is 2. The van der Waals surface area contributed by atoms with Crippen molar-refractivity contribution in [2.45, 2.75) is 44.7 Å². The van der Waals surface area contributed by atoms with Gasteiger partial charge in [-0.1, -0.05) is 12.1 Å². The van der Waals surface area contributed by atoms with E-state index < -0.39 is 0 Å². The van der Waals surface area contributed by atoms with E-state index in [-0.39, 0.29) is 17.5 Å². The molecule has 3 N–H and O–H groups in total. The van der Waals surface area contributed by atoms with Gasteiger partial charge >= 0.3 is 0 Å². The summed E-state index contributed by atoms with van der Waals surface area (Å²) in [4.78, 5) is 14.6. The Labute approximate surface area is 160 Å². The molecule has 0 saturated carbocycles. The number of nitrogens with two attached hydrogens (primary N) is 1. The van der Waals surface area contributed by atoms with E-state index in [4.69, 9.17) is 5.73 Å². The van der Waals surface area contributed by atoms with Crippen LogP contribution in [0.1, 0.15) is 41.9 Å². The Kier molecular flexibility index (Phi) is 4.70. The van der Waals surface area contributed by atoms with Gasteiger partial charge in [-0.2, -0.15) is 0 Å². The Morgan fingerprint density at radius 2 is 2.07 bits per heavy atom. The minimum atomic E-state index is -0.0764. The predicted molar refractivity (Wildman–Crippen MR) is 105 cm³/mol. The summed E-state index contributed by atoms with van der Waals surface area (Å²) in [6.45, 7) is 6.36. The van der Waals surface area contributed by atoms with Crippen molar-refractivity contribution < 1.29 is 4.79 Å². The van der Waals surface area contributed by atoms with Gasteiger partial charge in [-0.25, -0.2) is 0 Å². The van der Waals surface area contributed by atoms with Crippen molar-refractivity contribution in [3.05, 3.63) is 47.2 Å². The molecule has 6 nitrogen and oxygen atoms in total. The van der Waals surface area contributed by atoms with Gasteiger partial charge < -0.3 is 16.0 Å². The zero-order valence-corrected chi connectivity index (χ0v) is 16.0. The molecule has 6 heteroatoms. The van der Waals surface area contributed by atoms with Crippen molar-refractivity contribution in [2.75, 3.05) is 19.6 Å². The Hall–Kier alpha value is -2.31. The molecule has 1 atom stereocenters. The number of benzene rings is 1. The molecule has 1 aromatic heterocycles. The van der Waals surface area contributed by atoms with Crippen LogP contribution in [-0.2, 0) is 12.8 Å². The van der Waals surface area contributed by atoms with E-state index in [1.807, 2.05) is 11.0 Å². The molecule has 4 rings (SSSR count). The highest BCUT2D eigenvalue weighted by molar-refractivity contribution is 5.92. The Morgan fingerprint density at radius 1 is 1.22 bits per heavy atom. The van der Waals surface area contributed by atoms with E-state index >= 15 is 0 Å². The summed E-state index contributed by atoms with van der Waals surface area (Å²) >= 11 is 0. The molecule has 1 aromatic carbocycles. The molecule has 1 saturated heterocycles. The van der Waals surface area contributed by atoms with Crippen molar-refractivity contribution in [1.82, 2.24) is 20.4 Å². The molecular formula is C21H27N5O. The third-order valence-electron chi connectivity index (χ3n) is 5.51. The number of carbonyl (C=O) groups excluding carboxylic acids is 1. The van der Waals surface area contributed by atoms with Gasteiger partial charge in [0.2, 0.25) is 0 Å². The number of piperazine rings is 1. The van der Waals surface area contributed by atoms with Gasteiger partial charge in [0.25, 0.3) is 5.91 Å². The van der Waals surface area contributed by atoms with E-state index in [1.165, 1.54) is 11.1 Å². The largest absolute Gasteiger partial charge is 0.334 e. The topological polar surface area (TPSA) is 84.1 Å². The molecule has 0 radical (unpaired) electrons. The first-order valence-electron chi connectivity index (χ1n) is 9.67. The molecule has 1 amide bonds. The van der Waals surface area contributed by atoms with Gasteiger partial charge in [-0.05, 0) is 62.4 Å². The van der Waals surface area contributed by atoms with Gasteiger partial charge in [0.1, 0.15) is 0 Å². The van der Waals surface area contributed by atoms with Gasteiger partial charge in [-0.15, -0.1) is 10.2 Å². The zero-order valence-electron chi connectivity index (χ0n) is 16.0. The molecule has 142 valence electrons. The number of aromatic nitrogens is 2. The number of aryl methyl sites for hydroxylation is 1. The molecular weight excluding hydrogens is 338 g/mol. The third-order valence-corrected chi connectivity index (χ3v) is 5.51. The minimum absolute atomic E-state index is 0.0527. The number of nitrogens with zero attached hydrogens (tertiary/aromatic N) is 3. The fourth-order valence-corrected chi connectivity index (χ4v) is 4.02. The Balaban J connectivity index is 1.52. The number of hydrogen-bond acceptors (Lipinski definition) is 5. The lowest BCUT2D eigenvalue weighted by Gasteiger charge is -2.38. The quantitative estimate of drug-likeness (QED) is 0.848. The van der Waals surface area contributed by atoms with Crippen molar-refractivity contribution in [2.24, 2.45) is 5.73 Å². The van der Waals surface area contributed by atoms with Crippen LogP contribution >= 0.6 is 0 Å². The number of fused-ring (bicyclic) bond motifs is 1. The van der Waals surface area contributed by atoms with E-state index in [0.29, 0.717) is 18.8 Å². The number of amides is 1. The lowest BCUT2D eigenvalue weighted by molar-refractivity contribution is 0.0645. The zero-order chi connectivity index (χ0) is 19.0. The number of carbonyl (C=O) groups is 1. The second-order valence-corrected chi connectivity index (χ2v) is 8.33. The number of rotatable bonds is 2. The lowest BCUT2D eigenvalue weighted by Crippen LogP contribution is -2.58. The first-order valence-corrected chi connectivity index (χ1v) is 9.67. The van der Waals surface area contributed by atoms with Gasteiger partial charge in [0, 0.05) is 36.8 Å². The molecule has 1 fully saturated rings. The van der Waals surface area contributed by atoms with Crippen LogP contribution in [0.4, 0.5) is 0 Å². The van der Waals surface area contributed by atoms with Gasteiger partial charge in [-0.3, -0.25) is 4.79 Å². The maximum absolute atomic E-state index is 12.7. The average molecular weight is 365 g/mol. The molecule has 2 aliphatic rings. The maximum Gasteiger partial charge on any atom is 0.274 e. The fourth-order valence-electron chi connectivity index (χ4n) is 4.02. The van der Waals surface area contributed by atoms with E-state index in [0.717, 1.165) is 37.1 Å². The van der Waals surface area contributed by atoms with Gasteiger partial charge in [0.05, 0.1) is 5.69 Å². The van der Waals surface area contributed by atoms with Crippen LogP contribution in [0.2, 0.25) is 0 Å². The summed E-state index contributed by atoms with van der Waals surface area (Å²) in [5.41, 5.74) is 10.9. The van der Waals surface area contributed by atoms with Crippen molar-refractivity contribution in [1.29, 1.82) is 0 Å². The maximum atomic E-state index is 12.7. The molecule has 0 bridgehead atoms.